The molecular weight excluding hydrogens is 442 g/mol. The van der Waals surface area contributed by atoms with E-state index < -0.39 is 0 Å². The van der Waals surface area contributed by atoms with E-state index in [1.807, 2.05) is 18.5 Å². The standard InChI is InChI=1S/C26H37N7O2/c1-19(2)33-18-28-23-24(27-11-8-20-4-6-22(34-3)7-5-20)29-26(30-25(23)33)32-12-9-21(10-13-32)31-14-16-35-17-15-31/h4-7,18-19,21H,8-17H2,1-3H3,(H,27,29,30). The van der Waals surface area contributed by atoms with E-state index in [0.717, 1.165) is 93.9 Å². The van der Waals surface area contributed by atoms with Crippen LogP contribution in [0.25, 0.3) is 11.2 Å². The van der Waals surface area contributed by atoms with Gasteiger partial charge in [0.2, 0.25) is 5.95 Å². The summed E-state index contributed by atoms with van der Waals surface area (Å²) in [5, 5.41) is 3.55. The quantitative estimate of drug-likeness (QED) is 0.527. The average Bonchev–Trinajstić information content (AvgIpc) is 3.34. The molecule has 5 rings (SSSR count). The first-order valence-electron chi connectivity index (χ1n) is 12.8. The summed E-state index contributed by atoms with van der Waals surface area (Å²) in [6.45, 7) is 10.8. The lowest BCUT2D eigenvalue weighted by Gasteiger charge is -2.40. The number of piperidine rings is 1. The molecule has 188 valence electrons. The maximum Gasteiger partial charge on any atom is 0.229 e. The molecule has 4 heterocycles. The number of methoxy groups -OCH3 is 1. The van der Waals surface area contributed by atoms with Crippen LogP contribution in [0.2, 0.25) is 0 Å². The number of nitrogens with zero attached hydrogens (tertiary/aromatic N) is 6. The van der Waals surface area contributed by atoms with Crippen molar-refractivity contribution >= 4 is 22.9 Å². The number of aromatic nitrogens is 4. The minimum Gasteiger partial charge on any atom is -0.497 e. The number of hydrogen-bond acceptors (Lipinski definition) is 8. The van der Waals surface area contributed by atoms with Crippen molar-refractivity contribution in [1.82, 2.24) is 24.4 Å². The van der Waals surface area contributed by atoms with Gasteiger partial charge in [0.25, 0.3) is 0 Å². The fourth-order valence-electron chi connectivity index (χ4n) is 5.04. The molecule has 2 aromatic heterocycles. The average molecular weight is 480 g/mol. The molecule has 0 unspecified atom stereocenters. The van der Waals surface area contributed by atoms with E-state index >= 15 is 0 Å². The lowest BCUT2D eigenvalue weighted by molar-refractivity contribution is 0.0114. The van der Waals surface area contributed by atoms with E-state index in [0.29, 0.717) is 6.04 Å². The van der Waals surface area contributed by atoms with Crippen molar-refractivity contribution in [1.29, 1.82) is 0 Å². The highest BCUT2D eigenvalue weighted by molar-refractivity contribution is 5.84. The van der Waals surface area contributed by atoms with E-state index in [2.05, 4.69) is 50.6 Å². The summed E-state index contributed by atoms with van der Waals surface area (Å²) in [5.41, 5.74) is 2.98. The Bertz CT molecular complexity index is 1100. The van der Waals surface area contributed by atoms with Crippen molar-refractivity contribution in [3.05, 3.63) is 36.2 Å². The number of rotatable bonds is 8. The maximum absolute atomic E-state index is 5.54. The van der Waals surface area contributed by atoms with Crippen LogP contribution in [0.1, 0.15) is 38.3 Å². The number of anilines is 2. The zero-order chi connectivity index (χ0) is 24.2. The Morgan fingerprint density at radius 1 is 1.06 bits per heavy atom. The van der Waals surface area contributed by atoms with Crippen LogP contribution in [0.5, 0.6) is 5.75 Å². The van der Waals surface area contributed by atoms with Crippen molar-refractivity contribution in [3.8, 4) is 5.75 Å². The van der Waals surface area contributed by atoms with Crippen LogP contribution < -0.4 is 15.0 Å². The molecule has 0 bridgehead atoms. The predicted molar refractivity (Wildman–Crippen MR) is 139 cm³/mol. The number of morpholine rings is 1. The Morgan fingerprint density at radius 3 is 2.49 bits per heavy atom. The van der Waals surface area contributed by atoms with E-state index in [1.54, 1.807) is 7.11 Å². The van der Waals surface area contributed by atoms with Gasteiger partial charge in [-0.25, -0.2) is 4.98 Å². The first-order valence-corrected chi connectivity index (χ1v) is 12.8. The van der Waals surface area contributed by atoms with Gasteiger partial charge in [0, 0.05) is 44.8 Å². The van der Waals surface area contributed by atoms with Crippen LogP contribution in [0.15, 0.2) is 30.6 Å². The van der Waals surface area contributed by atoms with Gasteiger partial charge in [0.1, 0.15) is 5.75 Å². The molecule has 2 aliphatic rings. The van der Waals surface area contributed by atoms with E-state index in [9.17, 15) is 0 Å². The van der Waals surface area contributed by atoms with Crippen LogP contribution in [-0.2, 0) is 11.2 Å². The van der Waals surface area contributed by atoms with Crippen molar-refractivity contribution in [2.24, 2.45) is 0 Å². The smallest absolute Gasteiger partial charge is 0.229 e. The van der Waals surface area contributed by atoms with Gasteiger partial charge in [-0.15, -0.1) is 0 Å². The normalized spacial score (nSPS) is 17.9. The summed E-state index contributed by atoms with van der Waals surface area (Å²) in [5.74, 6) is 2.49. The molecule has 1 N–H and O–H groups in total. The van der Waals surface area contributed by atoms with Crippen molar-refractivity contribution < 1.29 is 9.47 Å². The highest BCUT2D eigenvalue weighted by Crippen LogP contribution is 2.27. The first kappa shape index (κ1) is 23.8. The SMILES string of the molecule is COc1ccc(CCNc2nc(N3CCC(N4CCOCC4)CC3)nc3c2ncn3C(C)C)cc1. The zero-order valence-corrected chi connectivity index (χ0v) is 21.1. The number of ether oxygens (including phenoxy) is 2. The molecule has 0 spiro atoms. The van der Waals surface area contributed by atoms with Crippen molar-refractivity contribution in [3.63, 3.8) is 0 Å². The minimum atomic E-state index is 0.280. The predicted octanol–water partition coefficient (Wildman–Crippen LogP) is 3.37. The number of imidazole rings is 1. The maximum atomic E-state index is 5.54. The fraction of sp³-hybridized carbons (Fsp3) is 0.577. The van der Waals surface area contributed by atoms with Gasteiger partial charge in [-0.3, -0.25) is 4.90 Å². The van der Waals surface area contributed by atoms with E-state index in [1.165, 1.54) is 5.56 Å². The van der Waals surface area contributed by atoms with Gasteiger partial charge in [-0.2, -0.15) is 9.97 Å². The molecule has 35 heavy (non-hydrogen) atoms. The Morgan fingerprint density at radius 2 is 1.80 bits per heavy atom. The van der Waals surface area contributed by atoms with E-state index in [4.69, 9.17) is 19.4 Å². The highest BCUT2D eigenvalue weighted by Gasteiger charge is 2.28. The van der Waals surface area contributed by atoms with Gasteiger partial charge in [0.15, 0.2) is 17.0 Å². The molecule has 2 saturated heterocycles. The number of fused-ring (bicyclic) bond motifs is 1. The van der Waals surface area contributed by atoms with Crippen molar-refractivity contribution in [2.75, 3.05) is 63.3 Å². The van der Waals surface area contributed by atoms with Crippen LogP contribution in [0, 0.1) is 0 Å². The molecule has 3 aromatic rings. The molecule has 0 radical (unpaired) electrons. The molecular formula is C26H37N7O2. The van der Waals surface area contributed by atoms with Crippen molar-refractivity contribution in [2.45, 2.75) is 45.2 Å². The Hall–Kier alpha value is -2.91. The molecule has 0 amide bonds. The third-order valence-corrected chi connectivity index (χ3v) is 7.14. The Balaban J connectivity index is 1.31. The summed E-state index contributed by atoms with van der Waals surface area (Å²) >= 11 is 0. The summed E-state index contributed by atoms with van der Waals surface area (Å²) in [6, 6.07) is 9.12. The van der Waals surface area contributed by atoms with Gasteiger partial charge < -0.3 is 24.3 Å². The summed E-state index contributed by atoms with van der Waals surface area (Å²) in [4.78, 5) is 19.6. The number of nitrogens with one attached hydrogen (secondary N) is 1. The second-order valence-electron chi connectivity index (χ2n) is 9.68. The number of benzene rings is 1. The van der Waals surface area contributed by atoms with Gasteiger partial charge >= 0.3 is 0 Å². The largest absolute Gasteiger partial charge is 0.497 e. The monoisotopic (exact) mass is 479 g/mol. The number of hydrogen-bond donors (Lipinski definition) is 1. The lowest BCUT2D eigenvalue weighted by Crippen LogP contribution is -2.49. The Kier molecular flexibility index (Phi) is 7.34. The van der Waals surface area contributed by atoms with Crippen LogP contribution >= 0.6 is 0 Å². The molecule has 9 heteroatoms. The van der Waals surface area contributed by atoms with Crippen LogP contribution in [-0.4, -0.2) is 83.5 Å². The second kappa shape index (κ2) is 10.8. The molecule has 2 aliphatic heterocycles. The highest BCUT2D eigenvalue weighted by atomic mass is 16.5. The molecule has 1 aromatic carbocycles. The van der Waals surface area contributed by atoms with E-state index in [-0.39, 0.29) is 6.04 Å². The summed E-state index contributed by atoms with van der Waals surface area (Å²) in [6.07, 6.45) is 5.03. The topological polar surface area (TPSA) is 80.6 Å². The zero-order valence-electron chi connectivity index (χ0n) is 21.1. The van der Waals surface area contributed by atoms with Crippen LogP contribution in [0.4, 0.5) is 11.8 Å². The van der Waals surface area contributed by atoms with Crippen LogP contribution in [0.3, 0.4) is 0 Å². The summed E-state index contributed by atoms with van der Waals surface area (Å²) < 4.78 is 12.9. The third kappa shape index (κ3) is 5.36. The molecule has 0 saturated carbocycles. The second-order valence-corrected chi connectivity index (χ2v) is 9.68. The van der Waals surface area contributed by atoms with Gasteiger partial charge in [-0.05, 0) is 50.8 Å². The van der Waals surface area contributed by atoms with Gasteiger partial charge in [0.05, 0.1) is 26.7 Å². The molecule has 0 atom stereocenters. The molecule has 0 aliphatic carbocycles. The fourth-order valence-corrected chi connectivity index (χ4v) is 5.04. The third-order valence-electron chi connectivity index (χ3n) is 7.14. The lowest BCUT2D eigenvalue weighted by atomic mass is 10.0. The van der Waals surface area contributed by atoms with Gasteiger partial charge in [-0.1, -0.05) is 12.1 Å². The summed E-state index contributed by atoms with van der Waals surface area (Å²) in [7, 11) is 1.69. The minimum absolute atomic E-state index is 0.280. The molecule has 2 fully saturated rings. The Labute approximate surface area is 207 Å². The first-order chi connectivity index (χ1) is 17.1. The molecule has 9 nitrogen and oxygen atoms in total.